The molecule has 0 bridgehead atoms. The molecule has 0 saturated heterocycles. The Labute approximate surface area is 49.0 Å². The largest absolute Gasteiger partial charge is 2.00 e. The van der Waals surface area contributed by atoms with E-state index in [1.807, 2.05) is 0 Å². The van der Waals surface area contributed by atoms with E-state index in [4.69, 9.17) is 0 Å². The monoisotopic (exact) mass is 130 g/mol. The summed E-state index contributed by atoms with van der Waals surface area (Å²) in [7, 11) is 0. The molecular formula is C4H8NiO. The summed E-state index contributed by atoms with van der Waals surface area (Å²) in [5, 5.41) is 0. The molecule has 0 radical (unpaired) electrons. The van der Waals surface area contributed by atoms with Crippen molar-refractivity contribution in [3.8, 4) is 0 Å². The number of rotatable bonds is 2. The second-order valence-electron chi connectivity index (χ2n) is 0.612. The van der Waals surface area contributed by atoms with E-state index >= 15 is 0 Å². The van der Waals surface area contributed by atoms with Crippen LogP contribution in [0.4, 0.5) is 0 Å². The molecule has 0 saturated carbocycles. The Hall–Kier alpha value is 0.454. The summed E-state index contributed by atoms with van der Waals surface area (Å²) in [5.74, 6) is 0. The first-order valence-electron chi connectivity index (χ1n) is 1.58. The van der Waals surface area contributed by atoms with Crippen molar-refractivity contribution in [1.82, 2.24) is 0 Å². The Balaban J connectivity index is 0. The first-order valence-corrected chi connectivity index (χ1v) is 1.58. The van der Waals surface area contributed by atoms with E-state index in [-0.39, 0.29) is 16.5 Å². The van der Waals surface area contributed by atoms with Crippen molar-refractivity contribution >= 4 is 0 Å². The van der Waals surface area contributed by atoms with E-state index in [1.54, 1.807) is 0 Å². The third-order valence-corrected chi connectivity index (χ3v) is 0.289. The van der Waals surface area contributed by atoms with Crippen LogP contribution in [0.2, 0.25) is 0 Å². The molecule has 0 aliphatic heterocycles. The van der Waals surface area contributed by atoms with Gasteiger partial charge in [0.05, 0.1) is 0 Å². The van der Waals surface area contributed by atoms with Crippen LogP contribution in [0.3, 0.4) is 0 Å². The topological polar surface area (TPSA) is 9.23 Å². The van der Waals surface area contributed by atoms with Crippen LogP contribution in [0, 0.1) is 13.8 Å². The van der Waals surface area contributed by atoms with Gasteiger partial charge in [-0.2, -0.15) is 0 Å². The molecule has 2 heteroatoms. The van der Waals surface area contributed by atoms with Gasteiger partial charge in [-0.05, 0) is 0 Å². The minimum Gasteiger partial charge on any atom is -0.445 e. The second-order valence-corrected chi connectivity index (χ2v) is 0.612. The summed E-state index contributed by atoms with van der Waals surface area (Å²) < 4.78 is 4.61. The molecule has 0 amide bonds. The maximum Gasteiger partial charge on any atom is 2.00 e. The predicted octanol–water partition coefficient (Wildman–Crippen LogP) is 0.669. The van der Waals surface area contributed by atoms with Gasteiger partial charge in [-0.1, -0.05) is 13.2 Å². The fourth-order valence-electron chi connectivity index (χ4n) is 0.102. The third-order valence-electron chi connectivity index (χ3n) is 0.289. The summed E-state index contributed by atoms with van der Waals surface area (Å²) in [6.07, 6.45) is 0. The zero-order valence-corrected chi connectivity index (χ0v) is 4.54. The van der Waals surface area contributed by atoms with Gasteiger partial charge < -0.3 is 18.6 Å². The van der Waals surface area contributed by atoms with Crippen LogP contribution < -0.4 is 0 Å². The van der Waals surface area contributed by atoms with Crippen molar-refractivity contribution in [2.24, 2.45) is 0 Å². The van der Waals surface area contributed by atoms with Crippen molar-refractivity contribution in [3.63, 3.8) is 0 Å². The molecular weight excluding hydrogens is 123 g/mol. The number of hydrogen-bond donors (Lipinski definition) is 0. The van der Waals surface area contributed by atoms with Crippen molar-refractivity contribution in [1.29, 1.82) is 0 Å². The van der Waals surface area contributed by atoms with E-state index in [1.165, 1.54) is 0 Å². The second kappa shape index (κ2) is 9.07. The molecule has 0 rings (SSSR count). The van der Waals surface area contributed by atoms with Gasteiger partial charge in [0.25, 0.3) is 0 Å². The van der Waals surface area contributed by atoms with E-state index in [0.29, 0.717) is 13.2 Å². The van der Waals surface area contributed by atoms with E-state index in [2.05, 4.69) is 18.6 Å². The Kier molecular flexibility index (Phi) is 14.6. The first kappa shape index (κ1) is 9.68. The molecule has 0 heterocycles. The normalized spacial score (nSPS) is 7.00. The minimum absolute atomic E-state index is 0. The molecule has 6 heavy (non-hydrogen) atoms. The summed E-state index contributed by atoms with van der Waals surface area (Å²) in [6.45, 7) is 7.89. The Morgan fingerprint density at radius 2 is 1.50 bits per heavy atom. The van der Waals surface area contributed by atoms with Crippen LogP contribution in [-0.2, 0) is 21.2 Å². The van der Waals surface area contributed by atoms with Crippen molar-refractivity contribution < 1.29 is 21.2 Å². The first-order chi connectivity index (χ1) is 2.41. The average Bonchev–Trinajstić information content (AvgIpc) is 1.41. The summed E-state index contributed by atoms with van der Waals surface area (Å²) in [6, 6.07) is 0. The molecule has 0 aromatic rings. The fraction of sp³-hybridized carbons (Fsp3) is 0.500. The van der Waals surface area contributed by atoms with E-state index in [0.717, 1.165) is 0 Å². The Morgan fingerprint density at radius 1 is 1.17 bits per heavy atom. The van der Waals surface area contributed by atoms with E-state index < -0.39 is 0 Å². The zero-order valence-electron chi connectivity index (χ0n) is 3.55. The number of hydrogen-bond acceptors (Lipinski definition) is 1. The minimum atomic E-state index is 0. The maximum atomic E-state index is 4.61. The summed E-state index contributed by atoms with van der Waals surface area (Å²) in [5.41, 5.74) is 0. The van der Waals surface area contributed by atoms with Gasteiger partial charge in [0, 0.05) is 0 Å². The van der Waals surface area contributed by atoms with Crippen LogP contribution in [0.1, 0.15) is 0 Å². The maximum absolute atomic E-state index is 4.61. The fourth-order valence-corrected chi connectivity index (χ4v) is 0.102. The summed E-state index contributed by atoms with van der Waals surface area (Å²) >= 11 is 0. The van der Waals surface area contributed by atoms with Gasteiger partial charge in [0.2, 0.25) is 0 Å². The van der Waals surface area contributed by atoms with Gasteiger partial charge in [-0.15, -0.1) is 0 Å². The molecule has 40 valence electrons. The molecule has 0 spiro atoms. The summed E-state index contributed by atoms with van der Waals surface area (Å²) in [4.78, 5) is 0. The average molecular weight is 131 g/mol. The van der Waals surface area contributed by atoms with Crippen LogP contribution in [0.15, 0.2) is 0 Å². The zero-order chi connectivity index (χ0) is 4.12. The standard InChI is InChI=1S/C4H8O.Ni/c1-3-5-4-2;/h1-4H2;/q-2;+2. The van der Waals surface area contributed by atoms with E-state index in [9.17, 15) is 0 Å². The molecule has 0 aromatic carbocycles. The molecule has 0 aliphatic carbocycles. The van der Waals surface area contributed by atoms with Gasteiger partial charge in [0.15, 0.2) is 0 Å². The quantitative estimate of drug-likeness (QED) is 0.395. The van der Waals surface area contributed by atoms with Crippen LogP contribution in [-0.4, -0.2) is 13.2 Å². The molecule has 0 unspecified atom stereocenters. The van der Waals surface area contributed by atoms with Gasteiger partial charge in [0.1, 0.15) is 0 Å². The number of ether oxygens (including phenoxy) is 1. The van der Waals surface area contributed by atoms with Crippen molar-refractivity contribution in [2.75, 3.05) is 13.2 Å². The SMILES string of the molecule is [CH2-]COC[CH2-].[Ni+2]. The van der Waals surface area contributed by atoms with Gasteiger partial charge >= 0.3 is 16.5 Å². The molecule has 0 atom stereocenters. The van der Waals surface area contributed by atoms with Crippen molar-refractivity contribution in [2.45, 2.75) is 0 Å². The smallest absolute Gasteiger partial charge is 0.445 e. The van der Waals surface area contributed by atoms with Crippen LogP contribution in [0.5, 0.6) is 0 Å². The Morgan fingerprint density at radius 3 is 1.50 bits per heavy atom. The molecule has 0 fully saturated rings. The van der Waals surface area contributed by atoms with Crippen molar-refractivity contribution in [3.05, 3.63) is 13.8 Å². The van der Waals surface area contributed by atoms with Crippen LogP contribution in [0.25, 0.3) is 0 Å². The van der Waals surface area contributed by atoms with Gasteiger partial charge in [-0.3, -0.25) is 0 Å². The molecule has 0 aliphatic rings. The molecule has 0 N–H and O–H groups in total. The Bertz CT molecular complexity index is 15.0. The molecule has 1 nitrogen and oxygen atoms in total. The van der Waals surface area contributed by atoms with Gasteiger partial charge in [-0.25, -0.2) is 0 Å². The van der Waals surface area contributed by atoms with Crippen LogP contribution >= 0.6 is 0 Å². The predicted molar refractivity (Wildman–Crippen MR) is 21.5 cm³/mol. The third kappa shape index (κ3) is 8.82. The molecule has 0 aromatic heterocycles.